The molecule has 0 aliphatic heterocycles. The van der Waals surface area contributed by atoms with E-state index in [-0.39, 0.29) is 17.4 Å². The number of aliphatic hydroxyl groups is 1. The molecule has 3 rings (SSSR count). The predicted octanol–water partition coefficient (Wildman–Crippen LogP) is 2.24. The zero-order valence-corrected chi connectivity index (χ0v) is 7.91. The highest BCUT2D eigenvalue weighted by Gasteiger charge is 2.49. The molecule has 1 aromatic rings. The van der Waals surface area contributed by atoms with Crippen LogP contribution in [0.4, 0.5) is 0 Å². The van der Waals surface area contributed by atoms with Crippen molar-refractivity contribution >= 4 is 11.6 Å². The van der Waals surface area contributed by atoms with Gasteiger partial charge in [0.05, 0.1) is 6.10 Å². The molecule has 4 atom stereocenters. The molecular formula is C11H11ClO. The zero-order valence-electron chi connectivity index (χ0n) is 7.15. The lowest BCUT2D eigenvalue weighted by molar-refractivity contribution is 0.158. The van der Waals surface area contributed by atoms with Crippen LogP contribution in [-0.4, -0.2) is 16.6 Å². The van der Waals surface area contributed by atoms with Gasteiger partial charge < -0.3 is 5.11 Å². The van der Waals surface area contributed by atoms with E-state index >= 15 is 0 Å². The molecule has 1 N–H and O–H groups in total. The molecule has 0 unspecified atom stereocenters. The molecule has 0 spiro atoms. The molecule has 2 aliphatic carbocycles. The van der Waals surface area contributed by atoms with E-state index in [9.17, 15) is 5.11 Å². The van der Waals surface area contributed by atoms with Gasteiger partial charge in [-0.1, -0.05) is 24.3 Å². The topological polar surface area (TPSA) is 20.2 Å². The van der Waals surface area contributed by atoms with Gasteiger partial charge >= 0.3 is 0 Å². The van der Waals surface area contributed by atoms with Gasteiger partial charge in [-0.05, 0) is 17.5 Å². The molecule has 1 fully saturated rings. The highest BCUT2D eigenvalue weighted by atomic mass is 35.5. The first-order valence-corrected chi connectivity index (χ1v) is 5.13. The summed E-state index contributed by atoms with van der Waals surface area (Å²) in [6, 6.07) is 8.31. The van der Waals surface area contributed by atoms with Gasteiger partial charge in [0.25, 0.3) is 0 Å². The minimum absolute atomic E-state index is 0.118. The van der Waals surface area contributed by atoms with Crippen LogP contribution in [-0.2, 0) is 0 Å². The van der Waals surface area contributed by atoms with Crippen LogP contribution in [0.2, 0.25) is 0 Å². The molecule has 0 aromatic heterocycles. The molecule has 0 amide bonds. The van der Waals surface area contributed by atoms with Crippen LogP contribution in [0.1, 0.15) is 29.4 Å². The first-order valence-electron chi connectivity index (χ1n) is 4.70. The molecular weight excluding hydrogens is 184 g/mol. The number of hydrogen-bond donors (Lipinski definition) is 1. The van der Waals surface area contributed by atoms with Crippen LogP contribution in [0.15, 0.2) is 24.3 Å². The van der Waals surface area contributed by atoms with E-state index in [4.69, 9.17) is 11.6 Å². The van der Waals surface area contributed by atoms with E-state index in [1.807, 2.05) is 6.07 Å². The molecule has 1 saturated carbocycles. The summed E-state index contributed by atoms with van der Waals surface area (Å²) in [4.78, 5) is 0. The van der Waals surface area contributed by atoms with Crippen molar-refractivity contribution in [2.75, 3.05) is 0 Å². The third kappa shape index (κ3) is 0.866. The summed E-state index contributed by atoms with van der Waals surface area (Å²) in [6.45, 7) is 0. The van der Waals surface area contributed by atoms with Crippen LogP contribution < -0.4 is 0 Å². The average Bonchev–Trinajstić information content (AvgIpc) is 2.56. The number of rotatable bonds is 0. The number of aliphatic hydroxyl groups excluding tert-OH is 1. The third-order valence-corrected chi connectivity index (χ3v) is 3.97. The van der Waals surface area contributed by atoms with Crippen molar-refractivity contribution in [3.63, 3.8) is 0 Å². The summed E-state index contributed by atoms with van der Waals surface area (Å²) >= 11 is 6.28. The Morgan fingerprint density at radius 3 is 2.69 bits per heavy atom. The fourth-order valence-electron chi connectivity index (χ4n) is 2.83. The minimum Gasteiger partial charge on any atom is -0.392 e. The summed E-state index contributed by atoms with van der Waals surface area (Å²) in [5.74, 6) is 0.570. The second kappa shape index (κ2) is 2.49. The molecule has 2 aliphatic rings. The third-order valence-electron chi connectivity index (χ3n) is 3.39. The van der Waals surface area contributed by atoms with Crippen molar-refractivity contribution in [3.8, 4) is 0 Å². The van der Waals surface area contributed by atoms with Gasteiger partial charge in [-0.15, -0.1) is 11.6 Å². The van der Waals surface area contributed by atoms with Crippen LogP contribution in [0, 0.1) is 0 Å². The van der Waals surface area contributed by atoms with Crippen LogP contribution in [0.5, 0.6) is 0 Å². The quantitative estimate of drug-likeness (QED) is 0.628. The van der Waals surface area contributed by atoms with E-state index in [1.165, 1.54) is 11.1 Å². The molecule has 0 radical (unpaired) electrons. The lowest BCUT2D eigenvalue weighted by Gasteiger charge is -2.19. The summed E-state index contributed by atoms with van der Waals surface area (Å²) in [5.41, 5.74) is 2.63. The fraction of sp³-hybridized carbons (Fsp3) is 0.455. The maximum atomic E-state index is 9.75. The molecule has 0 heterocycles. The van der Waals surface area contributed by atoms with Crippen molar-refractivity contribution in [2.24, 2.45) is 0 Å². The summed E-state index contributed by atoms with van der Waals surface area (Å²) < 4.78 is 0. The second-order valence-corrected chi connectivity index (χ2v) is 4.51. The van der Waals surface area contributed by atoms with Crippen molar-refractivity contribution in [2.45, 2.75) is 29.7 Å². The number of benzene rings is 1. The zero-order chi connectivity index (χ0) is 9.00. The maximum absolute atomic E-state index is 9.75. The Bertz CT molecular complexity index is 350. The van der Waals surface area contributed by atoms with Crippen LogP contribution >= 0.6 is 11.6 Å². The Kier molecular flexibility index (Phi) is 1.50. The van der Waals surface area contributed by atoms with Gasteiger partial charge in [0.2, 0.25) is 0 Å². The molecule has 1 aromatic carbocycles. The number of halogens is 1. The van der Waals surface area contributed by atoms with E-state index in [1.54, 1.807) is 0 Å². The standard InChI is InChI=1S/C11H11ClO/c12-11-8-5-9(13)10(11)7-4-2-1-3-6(7)8/h1-4,8-11,13H,5H2/t8-,9+,10-,11+/m0/s1. The monoisotopic (exact) mass is 194 g/mol. The first-order chi connectivity index (χ1) is 6.29. The average molecular weight is 195 g/mol. The second-order valence-electron chi connectivity index (χ2n) is 4.01. The highest BCUT2D eigenvalue weighted by Crippen LogP contribution is 2.55. The van der Waals surface area contributed by atoms with Gasteiger partial charge in [0, 0.05) is 17.2 Å². The van der Waals surface area contributed by atoms with Crippen LogP contribution in [0.25, 0.3) is 0 Å². The summed E-state index contributed by atoms with van der Waals surface area (Å²) in [5, 5.41) is 9.87. The Balaban J connectivity index is 2.18. The number of alkyl halides is 1. The van der Waals surface area contributed by atoms with E-state index in [0.717, 1.165) is 6.42 Å². The smallest absolute Gasteiger partial charge is 0.0629 e. The van der Waals surface area contributed by atoms with Gasteiger partial charge in [-0.25, -0.2) is 0 Å². The fourth-order valence-corrected chi connectivity index (χ4v) is 3.37. The normalized spacial score (nSPS) is 40.8. The predicted molar refractivity (Wildman–Crippen MR) is 52.2 cm³/mol. The Labute approximate surface area is 82.3 Å². The summed E-state index contributed by atoms with van der Waals surface area (Å²) in [6.07, 6.45) is 0.623. The van der Waals surface area contributed by atoms with Crippen molar-refractivity contribution < 1.29 is 5.11 Å². The lowest BCUT2D eigenvalue weighted by atomic mass is 9.90. The summed E-state index contributed by atoms with van der Waals surface area (Å²) in [7, 11) is 0. The van der Waals surface area contributed by atoms with E-state index in [0.29, 0.717) is 5.92 Å². The molecule has 68 valence electrons. The van der Waals surface area contributed by atoms with Gasteiger partial charge in [0.1, 0.15) is 0 Å². The van der Waals surface area contributed by atoms with E-state index < -0.39 is 0 Å². The molecule has 2 heteroatoms. The highest BCUT2D eigenvalue weighted by molar-refractivity contribution is 6.22. The maximum Gasteiger partial charge on any atom is 0.0629 e. The van der Waals surface area contributed by atoms with Crippen molar-refractivity contribution in [1.82, 2.24) is 0 Å². The Morgan fingerprint density at radius 2 is 1.92 bits per heavy atom. The first kappa shape index (κ1) is 7.84. The van der Waals surface area contributed by atoms with Crippen molar-refractivity contribution in [3.05, 3.63) is 35.4 Å². The SMILES string of the molecule is O[C@@H]1C[C@H]2c3ccccc3[C@@H]1[C@@H]2Cl. The number of fused-ring (bicyclic) bond motifs is 5. The molecule has 1 nitrogen and oxygen atoms in total. The van der Waals surface area contributed by atoms with Gasteiger partial charge in [0.15, 0.2) is 0 Å². The number of hydrogen-bond acceptors (Lipinski definition) is 1. The van der Waals surface area contributed by atoms with Crippen molar-refractivity contribution in [1.29, 1.82) is 0 Å². The minimum atomic E-state index is -0.220. The Hall–Kier alpha value is -0.530. The van der Waals surface area contributed by atoms with Gasteiger partial charge in [-0.3, -0.25) is 0 Å². The lowest BCUT2D eigenvalue weighted by Crippen LogP contribution is -2.16. The molecule has 2 bridgehead atoms. The largest absolute Gasteiger partial charge is 0.392 e. The Morgan fingerprint density at radius 1 is 1.23 bits per heavy atom. The van der Waals surface area contributed by atoms with Gasteiger partial charge in [-0.2, -0.15) is 0 Å². The molecule has 13 heavy (non-hydrogen) atoms. The molecule has 0 saturated heterocycles. The van der Waals surface area contributed by atoms with E-state index in [2.05, 4.69) is 18.2 Å². The van der Waals surface area contributed by atoms with Crippen LogP contribution in [0.3, 0.4) is 0 Å².